The second kappa shape index (κ2) is 5.88. The van der Waals surface area contributed by atoms with E-state index in [4.69, 9.17) is 5.73 Å². The summed E-state index contributed by atoms with van der Waals surface area (Å²) < 4.78 is 0. The number of aromatic hydroxyl groups is 1. The summed E-state index contributed by atoms with van der Waals surface area (Å²) in [6.07, 6.45) is 0.159. The summed E-state index contributed by atoms with van der Waals surface area (Å²) in [7, 11) is 0. The van der Waals surface area contributed by atoms with Crippen LogP contribution < -0.4 is 11.1 Å². The Balaban J connectivity index is 1.99. The minimum absolute atomic E-state index is 0.126. The van der Waals surface area contributed by atoms with Crippen LogP contribution in [0.25, 0.3) is 0 Å². The van der Waals surface area contributed by atoms with E-state index in [1.54, 1.807) is 42.5 Å². The first kappa shape index (κ1) is 13.6. The van der Waals surface area contributed by atoms with E-state index in [2.05, 4.69) is 5.32 Å². The largest absolute Gasteiger partial charge is 0.508 e. The third kappa shape index (κ3) is 3.58. The van der Waals surface area contributed by atoms with Gasteiger partial charge in [0.25, 0.3) is 0 Å². The number of hydrogen-bond acceptors (Lipinski definition) is 3. The number of carbonyl (C=O) groups excluding carboxylic acids is 2. The summed E-state index contributed by atoms with van der Waals surface area (Å²) in [5.41, 5.74) is 6.82. The predicted molar refractivity (Wildman–Crippen MR) is 75.4 cm³/mol. The van der Waals surface area contributed by atoms with Gasteiger partial charge in [-0.3, -0.25) is 9.59 Å². The van der Waals surface area contributed by atoms with Crippen molar-refractivity contribution in [2.24, 2.45) is 5.73 Å². The predicted octanol–water partition coefficient (Wildman–Crippen LogP) is 1.67. The van der Waals surface area contributed by atoms with Crippen molar-refractivity contribution in [2.75, 3.05) is 5.32 Å². The molecule has 2 amide bonds. The van der Waals surface area contributed by atoms with E-state index in [9.17, 15) is 14.7 Å². The molecular formula is C15H14N2O3. The van der Waals surface area contributed by atoms with Gasteiger partial charge in [0.15, 0.2) is 0 Å². The van der Waals surface area contributed by atoms with E-state index in [-0.39, 0.29) is 18.1 Å². The van der Waals surface area contributed by atoms with Gasteiger partial charge < -0.3 is 16.2 Å². The van der Waals surface area contributed by atoms with Crippen molar-refractivity contribution >= 4 is 17.5 Å². The Kier molecular flexibility index (Phi) is 4.00. The van der Waals surface area contributed by atoms with E-state index >= 15 is 0 Å². The molecule has 0 aliphatic carbocycles. The number of phenolic OH excluding ortho intramolecular Hbond substituents is 1. The number of primary amides is 1. The monoisotopic (exact) mass is 270 g/mol. The number of amides is 2. The van der Waals surface area contributed by atoms with Crippen LogP contribution in [0.3, 0.4) is 0 Å². The van der Waals surface area contributed by atoms with Gasteiger partial charge in [0.2, 0.25) is 11.8 Å². The lowest BCUT2D eigenvalue weighted by Crippen LogP contribution is -2.15. The second-order valence-electron chi connectivity index (χ2n) is 4.34. The lowest BCUT2D eigenvalue weighted by molar-refractivity contribution is -0.115. The highest BCUT2D eigenvalue weighted by atomic mass is 16.3. The average molecular weight is 270 g/mol. The van der Waals surface area contributed by atoms with Crippen molar-refractivity contribution in [3.8, 4) is 5.75 Å². The Morgan fingerprint density at radius 3 is 2.40 bits per heavy atom. The summed E-state index contributed by atoms with van der Waals surface area (Å²) in [6.45, 7) is 0. The Labute approximate surface area is 116 Å². The highest BCUT2D eigenvalue weighted by molar-refractivity contribution is 5.95. The molecule has 0 aliphatic rings. The Bertz CT molecular complexity index is 636. The number of nitrogens with one attached hydrogen (secondary N) is 1. The van der Waals surface area contributed by atoms with E-state index in [0.717, 1.165) is 5.56 Å². The molecule has 0 saturated carbocycles. The van der Waals surface area contributed by atoms with Crippen molar-refractivity contribution in [1.29, 1.82) is 0 Å². The van der Waals surface area contributed by atoms with Crippen molar-refractivity contribution in [3.05, 3.63) is 59.7 Å². The summed E-state index contributed by atoms with van der Waals surface area (Å²) in [4.78, 5) is 22.7. The van der Waals surface area contributed by atoms with Crippen molar-refractivity contribution < 1.29 is 14.7 Å². The van der Waals surface area contributed by atoms with Gasteiger partial charge in [-0.15, -0.1) is 0 Å². The van der Waals surface area contributed by atoms with Gasteiger partial charge in [0.05, 0.1) is 6.42 Å². The molecule has 0 saturated heterocycles. The van der Waals surface area contributed by atoms with Crippen molar-refractivity contribution in [2.45, 2.75) is 6.42 Å². The lowest BCUT2D eigenvalue weighted by Gasteiger charge is -2.06. The highest BCUT2D eigenvalue weighted by Gasteiger charge is 2.05. The number of carbonyl (C=O) groups is 2. The van der Waals surface area contributed by atoms with Crippen LogP contribution in [0.4, 0.5) is 5.69 Å². The van der Waals surface area contributed by atoms with Crippen LogP contribution in [-0.4, -0.2) is 16.9 Å². The maximum atomic E-state index is 11.8. The summed E-state index contributed by atoms with van der Waals surface area (Å²) in [5.74, 6) is -0.592. The molecule has 2 aromatic rings. The topological polar surface area (TPSA) is 92.4 Å². The quantitative estimate of drug-likeness (QED) is 0.789. The first-order chi connectivity index (χ1) is 9.54. The molecule has 2 rings (SSSR count). The maximum absolute atomic E-state index is 11.8. The molecule has 0 bridgehead atoms. The second-order valence-corrected chi connectivity index (χ2v) is 4.34. The van der Waals surface area contributed by atoms with Crippen LogP contribution in [0.1, 0.15) is 15.9 Å². The van der Waals surface area contributed by atoms with Gasteiger partial charge in [-0.25, -0.2) is 0 Å². The van der Waals surface area contributed by atoms with Crippen LogP contribution in [0.15, 0.2) is 48.5 Å². The third-order valence-electron chi connectivity index (χ3n) is 2.73. The first-order valence-corrected chi connectivity index (χ1v) is 6.02. The molecule has 4 N–H and O–H groups in total. The minimum atomic E-state index is -0.511. The normalized spacial score (nSPS) is 10.0. The molecular weight excluding hydrogens is 256 g/mol. The zero-order valence-corrected chi connectivity index (χ0v) is 10.7. The van der Waals surface area contributed by atoms with Gasteiger partial charge in [-0.2, -0.15) is 0 Å². The van der Waals surface area contributed by atoms with Gasteiger partial charge in [0.1, 0.15) is 5.75 Å². The Hall–Kier alpha value is -2.82. The Morgan fingerprint density at radius 1 is 1.10 bits per heavy atom. The molecule has 0 atom stereocenters. The van der Waals surface area contributed by atoms with Crippen LogP contribution in [-0.2, 0) is 11.2 Å². The smallest absolute Gasteiger partial charge is 0.248 e. The summed E-state index contributed by atoms with van der Waals surface area (Å²) >= 11 is 0. The van der Waals surface area contributed by atoms with E-state index in [1.165, 1.54) is 6.07 Å². The number of benzene rings is 2. The standard InChI is InChI=1S/C15H14N2O3/c16-15(20)11-4-6-12(7-5-11)17-14(19)9-10-2-1-3-13(18)8-10/h1-8,18H,9H2,(H2,16,20)(H,17,19). The maximum Gasteiger partial charge on any atom is 0.248 e. The number of nitrogens with two attached hydrogens (primary N) is 1. The third-order valence-corrected chi connectivity index (χ3v) is 2.73. The molecule has 2 aromatic carbocycles. The van der Waals surface area contributed by atoms with Crippen LogP contribution >= 0.6 is 0 Å². The fourth-order valence-corrected chi connectivity index (χ4v) is 1.77. The lowest BCUT2D eigenvalue weighted by atomic mass is 10.1. The van der Waals surface area contributed by atoms with E-state index in [1.807, 2.05) is 0 Å². The number of rotatable bonds is 4. The van der Waals surface area contributed by atoms with Gasteiger partial charge in [-0.1, -0.05) is 12.1 Å². The molecule has 0 fully saturated rings. The minimum Gasteiger partial charge on any atom is -0.508 e. The molecule has 0 spiro atoms. The van der Waals surface area contributed by atoms with E-state index in [0.29, 0.717) is 11.3 Å². The highest BCUT2D eigenvalue weighted by Crippen LogP contribution is 2.13. The van der Waals surface area contributed by atoms with E-state index < -0.39 is 5.91 Å². The fourth-order valence-electron chi connectivity index (χ4n) is 1.77. The first-order valence-electron chi connectivity index (χ1n) is 6.02. The number of hydrogen-bond donors (Lipinski definition) is 3. The van der Waals surface area contributed by atoms with Crippen molar-refractivity contribution in [3.63, 3.8) is 0 Å². The zero-order valence-electron chi connectivity index (χ0n) is 10.7. The van der Waals surface area contributed by atoms with Gasteiger partial charge in [-0.05, 0) is 42.0 Å². The molecule has 0 aromatic heterocycles. The van der Waals surface area contributed by atoms with Gasteiger partial charge in [0, 0.05) is 11.3 Å². The van der Waals surface area contributed by atoms with Crippen LogP contribution in [0, 0.1) is 0 Å². The average Bonchev–Trinajstić information content (AvgIpc) is 2.39. The Morgan fingerprint density at radius 2 is 1.80 bits per heavy atom. The van der Waals surface area contributed by atoms with Crippen molar-refractivity contribution in [1.82, 2.24) is 0 Å². The molecule has 102 valence electrons. The molecule has 0 aliphatic heterocycles. The molecule has 0 radical (unpaired) electrons. The molecule has 0 heterocycles. The van der Waals surface area contributed by atoms with Crippen LogP contribution in [0.5, 0.6) is 5.75 Å². The molecule has 20 heavy (non-hydrogen) atoms. The number of phenols is 1. The van der Waals surface area contributed by atoms with Crippen LogP contribution in [0.2, 0.25) is 0 Å². The fraction of sp³-hybridized carbons (Fsp3) is 0.0667. The SMILES string of the molecule is NC(=O)c1ccc(NC(=O)Cc2cccc(O)c2)cc1. The molecule has 5 heteroatoms. The zero-order chi connectivity index (χ0) is 14.5. The molecule has 0 unspecified atom stereocenters. The number of anilines is 1. The molecule has 5 nitrogen and oxygen atoms in total. The summed E-state index contributed by atoms with van der Waals surface area (Å²) in [6, 6.07) is 12.8. The summed E-state index contributed by atoms with van der Waals surface area (Å²) in [5, 5.41) is 12.0. The van der Waals surface area contributed by atoms with Gasteiger partial charge >= 0.3 is 0 Å².